The lowest BCUT2D eigenvalue weighted by molar-refractivity contribution is 0.0918. The molecule has 1 aromatic heterocycles. The van der Waals surface area contributed by atoms with Crippen LogP contribution in [-0.2, 0) is 0 Å². The quantitative estimate of drug-likeness (QED) is 0.794. The Morgan fingerprint density at radius 2 is 2.11 bits per heavy atom. The van der Waals surface area contributed by atoms with Gasteiger partial charge in [0.2, 0.25) is 0 Å². The van der Waals surface area contributed by atoms with Crippen LogP contribution >= 0.6 is 0 Å². The minimum absolute atomic E-state index is 0.177. The van der Waals surface area contributed by atoms with Crippen molar-refractivity contribution in [2.24, 2.45) is 0 Å². The van der Waals surface area contributed by atoms with Gasteiger partial charge in [-0.05, 0) is 12.1 Å². The molecule has 0 saturated carbocycles. The van der Waals surface area contributed by atoms with Gasteiger partial charge in [-0.1, -0.05) is 18.2 Å². The van der Waals surface area contributed by atoms with Crippen molar-refractivity contribution in [2.45, 2.75) is 6.04 Å². The highest BCUT2D eigenvalue weighted by Crippen LogP contribution is 2.04. The van der Waals surface area contributed by atoms with Gasteiger partial charge in [0, 0.05) is 13.1 Å². The van der Waals surface area contributed by atoms with Crippen LogP contribution in [0.15, 0.2) is 36.5 Å². The maximum absolute atomic E-state index is 11.8. The molecule has 18 heavy (non-hydrogen) atoms. The third-order valence-electron chi connectivity index (χ3n) is 2.83. The van der Waals surface area contributed by atoms with Gasteiger partial charge < -0.3 is 10.6 Å². The predicted molar refractivity (Wildman–Crippen MR) is 65.5 cm³/mol. The second-order valence-corrected chi connectivity index (χ2v) is 4.18. The van der Waals surface area contributed by atoms with Crippen molar-refractivity contribution in [1.29, 1.82) is 0 Å². The predicted octanol–water partition coefficient (Wildman–Crippen LogP) is -0.0311. The number of nitrogens with zero attached hydrogens (tertiary/aromatic N) is 3. The van der Waals surface area contributed by atoms with Crippen LogP contribution in [0.3, 0.4) is 0 Å². The molecular formula is C12H13N5O. The fourth-order valence-electron chi connectivity index (χ4n) is 1.70. The maximum atomic E-state index is 11.8. The molecular weight excluding hydrogens is 230 g/mol. The lowest BCUT2D eigenvalue weighted by Gasteiger charge is -2.27. The minimum atomic E-state index is -0.177. The molecule has 2 heterocycles. The van der Waals surface area contributed by atoms with Crippen LogP contribution in [0.4, 0.5) is 0 Å². The molecule has 1 aromatic carbocycles. The number of hydrogen-bond acceptors (Lipinski definition) is 4. The van der Waals surface area contributed by atoms with Crippen molar-refractivity contribution in [3.63, 3.8) is 0 Å². The van der Waals surface area contributed by atoms with E-state index in [4.69, 9.17) is 0 Å². The Morgan fingerprint density at radius 3 is 2.78 bits per heavy atom. The summed E-state index contributed by atoms with van der Waals surface area (Å²) < 4.78 is 0. The number of carbonyl (C=O) groups excluding carboxylic acids is 1. The van der Waals surface area contributed by atoms with E-state index in [9.17, 15) is 4.79 Å². The number of rotatable bonds is 3. The number of aromatic nitrogens is 3. The van der Waals surface area contributed by atoms with E-state index in [0.29, 0.717) is 5.69 Å². The summed E-state index contributed by atoms with van der Waals surface area (Å²) in [5.74, 6) is -0.177. The molecule has 3 rings (SSSR count). The van der Waals surface area contributed by atoms with Gasteiger partial charge in [0.25, 0.3) is 5.91 Å². The summed E-state index contributed by atoms with van der Waals surface area (Å²) in [5, 5.41) is 14.2. The lowest BCUT2D eigenvalue weighted by atomic mass is 10.2. The fourth-order valence-corrected chi connectivity index (χ4v) is 1.70. The third-order valence-corrected chi connectivity index (χ3v) is 2.83. The van der Waals surface area contributed by atoms with E-state index >= 15 is 0 Å². The Kier molecular flexibility index (Phi) is 2.77. The zero-order valence-electron chi connectivity index (χ0n) is 9.71. The van der Waals surface area contributed by atoms with Crippen molar-refractivity contribution in [3.8, 4) is 5.69 Å². The molecule has 1 aliphatic heterocycles. The summed E-state index contributed by atoms with van der Waals surface area (Å²) in [6.45, 7) is 1.64. The van der Waals surface area contributed by atoms with Crippen LogP contribution in [0.25, 0.3) is 5.69 Å². The van der Waals surface area contributed by atoms with Crippen molar-refractivity contribution >= 4 is 5.91 Å². The monoisotopic (exact) mass is 243 g/mol. The second-order valence-electron chi connectivity index (χ2n) is 4.18. The first kappa shape index (κ1) is 10.9. The highest BCUT2D eigenvalue weighted by molar-refractivity contribution is 5.92. The van der Waals surface area contributed by atoms with Crippen molar-refractivity contribution in [1.82, 2.24) is 25.6 Å². The number of carbonyl (C=O) groups is 1. The molecule has 1 saturated heterocycles. The van der Waals surface area contributed by atoms with Gasteiger partial charge in [-0.25, -0.2) is 0 Å². The van der Waals surface area contributed by atoms with Gasteiger partial charge >= 0.3 is 0 Å². The normalized spacial score (nSPS) is 15.1. The largest absolute Gasteiger partial charge is 0.345 e. The molecule has 1 aliphatic rings. The molecule has 2 N–H and O–H groups in total. The second kappa shape index (κ2) is 4.58. The van der Waals surface area contributed by atoms with Gasteiger partial charge in [0.15, 0.2) is 5.69 Å². The van der Waals surface area contributed by atoms with E-state index in [0.717, 1.165) is 18.8 Å². The van der Waals surface area contributed by atoms with E-state index in [1.807, 2.05) is 30.3 Å². The molecule has 0 unspecified atom stereocenters. The van der Waals surface area contributed by atoms with Gasteiger partial charge in [0.05, 0.1) is 17.9 Å². The van der Waals surface area contributed by atoms with Gasteiger partial charge in [-0.3, -0.25) is 4.79 Å². The van der Waals surface area contributed by atoms with Crippen LogP contribution in [0.5, 0.6) is 0 Å². The Morgan fingerprint density at radius 1 is 1.33 bits per heavy atom. The SMILES string of the molecule is O=C(NC1CNC1)c1cnn(-c2ccccc2)n1. The lowest BCUT2D eigenvalue weighted by Crippen LogP contribution is -2.57. The molecule has 0 bridgehead atoms. The highest BCUT2D eigenvalue weighted by Gasteiger charge is 2.21. The summed E-state index contributed by atoms with van der Waals surface area (Å²) >= 11 is 0. The van der Waals surface area contributed by atoms with Crippen LogP contribution < -0.4 is 10.6 Å². The average Bonchev–Trinajstić information content (AvgIpc) is 2.84. The molecule has 0 spiro atoms. The minimum Gasteiger partial charge on any atom is -0.345 e. The van der Waals surface area contributed by atoms with Crippen LogP contribution in [0.2, 0.25) is 0 Å². The van der Waals surface area contributed by atoms with Crippen LogP contribution in [-0.4, -0.2) is 40.0 Å². The number of hydrogen-bond donors (Lipinski definition) is 2. The number of nitrogens with one attached hydrogen (secondary N) is 2. The molecule has 92 valence electrons. The van der Waals surface area contributed by atoms with Gasteiger partial charge in [0.1, 0.15) is 0 Å². The Balaban J connectivity index is 1.74. The topological polar surface area (TPSA) is 71.8 Å². The summed E-state index contributed by atoms with van der Waals surface area (Å²) in [4.78, 5) is 13.3. The first-order valence-corrected chi connectivity index (χ1v) is 5.82. The highest BCUT2D eigenvalue weighted by atomic mass is 16.2. The molecule has 2 aromatic rings. The summed E-state index contributed by atoms with van der Waals surface area (Å²) in [6, 6.07) is 9.70. The summed E-state index contributed by atoms with van der Waals surface area (Å²) in [5.41, 5.74) is 1.17. The zero-order valence-corrected chi connectivity index (χ0v) is 9.71. The van der Waals surface area contributed by atoms with Crippen LogP contribution in [0.1, 0.15) is 10.5 Å². The number of benzene rings is 1. The third kappa shape index (κ3) is 2.10. The van der Waals surface area contributed by atoms with Gasteiger partial charge in [-0.15, -0.1) is 5.10 Å². The van der Waals surface area contributed by atoms with E-state index in [1.54, 1.807) is 0 Å². The van der Waals surface area contributed by atoms with E-state index < -0.39 is 0 Å². The Labute approximate surface area is 104 Å². The first-order chi connectivity index (χ1) is 8.83. The molecule has 0 radical (unpaired) electrons. The Bertz CT molecular complexity index is 547. The number of para-hydroxylation sites is 1. The fraction of sp³-hybridized carbons (Fsp3) is 0.250. The standard InChI is InChI=1S/C12H13N5O/c18-12(15-9-6-13-7-9)11-8-14-17(16-11)10-4-2-1-3-5-10/h1-5,8-9,13H,6-7H2,(H,15,18). The smallest absolute Gasteiger partial charge is 0.273 e. The maximum Gasteiger partial charge on any atom is 0.273 e. The van der Waals surface area contributed by atoms with Crippen molar-refractivity contribution in [3.05, 3.63) is 42.2 Å². The van der Waals surface area contributed by atoms with Crippen LogP contribution in [0, 0.1) is 0 Å². The molecule has 0 aliphatic carbocycles. The zero-order chi connectivity index (χ0) is 12.4. The molecule has 0 atom stereocenters. The van der Waals surface area contributed by atoms with Crippen molar-refractivity contribution in [2.75, 3.05) is 13.1 Å². The van der Waals surface area contributed by atoms with E-state index in [1.165, 1.54) is 11.0 Å². The van der Waals surface area contributed by atoms with E-state index in [2.05, 4.69) is 20.8 Å². The average molecular weight is 243 g/mol. The first-order valence-electron chi connectivity index (χ1n) is 5.82. The molecule has 1 fully saturated rings. The van der Waals surface area contributed by atoms with Gasteiger partial charge in [-0.2, -0.15) is 9.90 Å². The molecule has 1 amide bonds. The summed E-state index contributed by atoms with van der Waals surface area (Å²) in [6.07, 6.45) is 1.48. The molecule has 6 nitrogen and oxygen atoms in total. The van der Waals surface area contributed by atoms with Crippen molar-refractivity contribution < 1.29 is 4.79 Å². The summed E-state index contributed by atoms with van der Waals surface area (Å²) in [7, 11) is 0. The molecule has 6 heteroatoms. The number of amides is 1. The van der Waals surface area contributed by atoms with E-state index in [-0.39, 0.29) is 11.9 Å². The Hall–Kier alpha value is -2.21.